The van der Waals surface area contributed by atoms with E-state index in [9.17, 15) is 4.79 Å². The molecular weight excluding hydrogens is 202 g/mol. The summed E-state index contributed by atoms with van der Waals surface area (Å²) in [6, 6.07) is 0. The highest BCUT2D eigenvalue weighted by molar-refractivity contribution is 5.75. The zero-order valence-corrected chi connectivity index (χ0v) is 11.2. The fraction of sp³-hybridized carbons (Fsp3) is 0.667. The van der Waals surface area contributed by atoms with Crippen LogP contribution in [0, 0.1) is 0 Å². The molecule has 4 nitrogen and oxygen atoms in total. The van der Waals surface area contributed by atoms with Crippen LogP contribution >= 0.6 is 0 Å². The van der Waals surface area contributed by atoms with Crippen molar-refractivity contribution in [2.45, 2.75) is 40.2 Å². The summed E-state index contributed by atoms with van der Waals surface area (Å²) in [7, 11) is 3.49. The van der Waals surface area contributed by atoms with Gasteiger partial charge in [0, 0.05) is 20.3 Å². The summed E-state index contributed by atoms with van der Waals surface area (Å²) < 4.78 is 1.68. The second kappa shape index (κ2) is 7.04. The highest BCUT2D eigenvalue weighted by Crippen LogP contribution is 2.11. The average Bonchev–Trinajstić information content (AvgIpc) is 2.69. The first-order valence-corrected chi connectivity index (χ1v) is 5.73. The highest BCUT2D eigenvalue weighted by atomic mass is 16.2. The lowest BCUT2D eigenvalue weighted by molar-refractivity contribution is -0.129. The number of hydrogen-bond donors (Lipinski definition) is 0. The third kappa shape index (κ3) is 4.47. The predicted molar refractivity (Wildman–Crippen MR) is 66.4 cm³/mol. The monoisotopic (exact) mass is 225 g/mol. The molecule has 0 aliphatic rings. The maximum atomic E-state index is 11.4. The molecule has 0 spiro atoms. The van der Waals surface area contributed by atoms with Crippen LogP contribution in [0.5, 0.6) is 0 Å². The molecule has 1 amide bonds. The second-order valence-corrected chi connectivity index (χ2v) is 3.91. The lowest BCUT2D eigenvalue weighted by atomic mass is 10.1. The molecule has 0 saturated carbocycles. The second-order valence-electron chi connectivity index (χ2n) is 3.91. The van der Waals surface area contributed by atoms with Crippen LogP contribution in [0.25, 0.3) is 0 Å². The van der Waals surface area contributed by atoms with E-state index in [1.54, 1.807) is 23.7 Å². The number of amides is 1. The van der Waals surface area contributed by atoms with E-state index in [4.69, 9.17) is 0 Å². The van der Waals surface area contributed by atoms with E-state index < -0.39 is 0 Å². The molecule has 0 unspecified atom stereocenters. The lowest BCUT2D eigenvalue weighted by Gasteiger charge is -2.09. The van der Waals surface area contributed by atoms with Gasteiger partial charge in [-0.05, 0) is 11.5 Å². The first-order valence-electron chi connectivity index (χ1n) is 5.73. The van der Waals surface area contributed by atoms with Crippen LogP contribution in [0.4, 0.5) is 0 Å². The Labute approximate surface area is 98.3 Å². The normalized spacial score (nSPS) is 9.69. The van der Waals surface area contributed by atoms with Gasteiger partial charge in [0.15, 0.2) is 0 Å². The Morgan fingerprint density at radius 3 is 2.38 bits per heavy atom. The first-order chi connectivity index (χ1) is 7.50. The summed E-state index contributed by atoms with van der Waals surface area (Å²) in [5.41, 5.74) is 1.16. The quantitative estimate of drug-likeness (QED) is 0.790. The summed E-state index contributed by atoms with van der Waals surface area (Å²) in [4.78, 5) is 12.9. The van der Waals surface area contributed by atoms with Crippen LogP contribution in [-0.4, -0.2) is 34.7 Å². The number of hydrogen-bond acceptors (Lipinski definition) is 2. The van der Waals surface area contributed by atoms with E-state index >= 15 is 0 Å². The summed E-state index contributed by atoms with van der Waals surface area (Å²) in [5, 5.41) is 4.13. The minimum absolute atomic E-state index is 0.0587. The van der Waals surface area contributed by atoms with Crippen molar-refractivity contribution in [3.8, 4) is 0 Å². The minimum Gasteiger partial charge on any atom is -0.347 e. The van der Waals surface area contributed by atoms with Gasteiger partial charge in [0.25, 0.3) is 0 Å². The molecule has 0 bridgehead atoms. The summed E-state index contributed by atoms with van der Waals surface area (Å²) in [6.07, 6.45) is 3.74. The summed E-state index contributed by atoms with van der Waals surface area (Å²) in [6.45, 7) is 8.53. The molecule has 0 atom stereocenters. The fourth-order valence-corrected chi connectivity index (χ4v) is 1.04. The van der Waals surface area contributed by atoms with E-state index in [0.29, 0.717) is 12.5 Å². The van der Waals surface area contributed by atoms with Crippen molar-refractivity contribution < 1.29 is 4.79 Å². The standard InChI is InChI=1S/C10H17N3O.C2H6/c1-8(2)9-5-11-13(6-9)7-10(14)12(3)4;1-2/h5-6,8H,7H2,1-4H3;1-2H3. The van der Waals surface area contributed by atoms with Crippen LogP contribution in [0.3, 0.4) is 0 Å². The fourth-order valence-electron chi connectivity index (χ4n) is 1.04. The van der Waals surface area contributed by atoms with Gasteiger partial charge in [-0.15, -0.1) is 0 Å². The molecule has 4 heteroatoms. The van der Waals surface area contributed by atoms with Crippen LogP contribution in [0.1, 0.15) is 39.2 Å². The van der Waals surface area contributed by atoms with Crippen molar-refractivity contribution in [2.75, 3.05) is 14.1 Å². The maximum absolute atomic E-state index is 11.4. The Kier molecular flexibility index (Phi) is 6.46. The van der Waals surface area contributed by atoms with Crippen LogP contribution < -0.4 is 0 Å². The van der Waals surface area contributed by atoms with E-state index in [-0.39, 0.29) is 5.91 Å². The molecule has 1 aromatic heterocycles. The van der Waals surface area contributed by atoms with Crippen molar-refractivity contribution in [3.05, 3.63) is 18.0 Å². The van der Waals surface area contributed by atoms with E-state index in [0.717, 1.165) is 5.56 Å². The smallest absolute Gasteiger partial charge is 0.243 e. The Morgan fingerprint density at radius 1 is 1.44 bits per heavy atom. The molecule has 0 aliphatic carbocycles. The molecule has 0 aliphatic heterocycles. The molecule has 0 aromatic carbocycles. The average molecular weight is 225 g/mol. The Bertz CT molecular complexity index is 316. The number of nitrogens with zero attached hydrogens (tertiary/aromatic N) is 3. The summed E-state index contributed by atoms with van der Waals surface area (Å²) in [5.74, 6) is 0.515. The van der Waals surface area contributed by atoms with Gasteiger partial charge in [-0.2, -0.15) is 5.10 Å². The van der Waals surface area contributed by atoms with Gasteiger partial charge in [-0.3, -0.25) is 9.48 Å². The van der Waals surface area contributed by atoms with Crippen molar-refractivity contribution in [1.29, 1.82) is 0 Å². The topological polar surface area (TPSA) is 38.1 Å². The van der Waals surface area contributed by atoms with Gasteiger partial charge in [0.05, 0.1) is 6.20 Å². The summed E-state index contributed by atoms with van der Waals surface area (Å²) >= 11 is 0. The Hall–Kier alpha value is -1.32. The third-order valence-corrected chi connectivity index (χ3v) is 2.12. The third-order valence-electron chi connectivity index (χ3n) is 2.12. The van der Waals surface area contributed by atoms with Gasteiger partial charge in [-0.1, -0.05) is 27.7 Å². The van der Waals surface area contributed by atoms with Crippen molar-refractivity contribution in [2.24, 2.45) is 0 Å². The zero-order chi connectivity index (χ0) is 12.7. The molecule has 16 heavy (non-hydrogen) atoms. The molecule has 1 aromatic rings. The van der Waals surface area contributed by atoms with Gasteiger partial charge in [0.2, 0.25) is 5.91 Å². The minimum atomic E-state index is 0.0587. The maximum Gasteiger partial charge on any atom is 0.243 e. The molecule has 0 saturated heterocycles. The molecule has 0 N–H and O–H groups in total. The predicted octanol–water partition coefficient (Wildman–Crippen LogP) is 2.12. The van der Waals surface area contributed by atoms with Crippen molar-refractivity contribution >= 4 is 5.91 Å². The Balaban J connectivity index is 0.00000106. The van der Waals surface area contributed by atoms with Crippen LogP contribution in [0.15, 0.2) is 12.4 Å². The number of rotatable bonds is 3. The molecule has 1 heterocycles. The highest BCUT2D eigenvalue weighted by Gasteiger charge is 2.07. The van der Waals surface area contributed by atoms with Crippen molar-refractivity contribution in [1.82, 2.24) is 14.7 Å². The first kappa shape index (κ1) is 14.7. The van der Waals surface area contributed by atoms with Crippen LogP contribution in [-0.2, 0) is 11.3 Å². The van der Waals surface area contributed by atoms with E-state index in [2.05, 4.69) is 18.9 Å². The molecule has 1 rings (SSSR count). The molecular formula is C12H23N3O. The van der Waals surface area contributed by atoms with Crippen LogP contribution in [0.2, 0.25) is 0 Å². The molecule has 92 valence electrons. The van der Waals surface area contributed by atoms with Gasteiger partial charge >= 0.3 is 0 Å². The largest absolute Gasteiger partial charge is 0.347 e. The van der Waals surface area contributed by atoms with E-state index in [1.807, 2.05) is 26.2 Å². The molecule has 0 radical (unpaired) electrons. The van der Waals surface area contributed by atoms with Crippen molar-refractivity contribution in [3.63, 3.8) is 0 Å². The lowest BCUT2D eigenvalue weighted by Crippen LogP contribution is -2.26. The number of carbonyl (C=O) groups excluding carboxylic acids is 1. The van der Waals surface area contributed by atoms with Gasteiger partial charge < -0.3 is 4.90 Å². The zero-order valence-electron chi connectivity index (χ0n) is 11.2. The van der Waals surface area contributed by atoms with Gasteiger partial charge in [0.1, 0.15) is 6.54 Å². The Morgan fingerprint density at radius 2 is 2.00 bits per heavy atom. The number of carbonyl (C=O) groups is 1. The molecule has 0 fully saturated rings. The number of aromatic nitrogens is 2. The SMILES string of the molecule is CC.CC(C)c1cnn(CC(=O)N(C)C)c1. The van der Waals surface area contributed by atoms with Gasteiger partial charge in [-0.25, -0.2) is 0 Å². The van der Waals surface area contributed by atoms with E-state index in [1.165, 1.54) is 0 Å². The number of likely N-dealkylation sites (N-methyl/N-ethyl adjacent to an activating group) is 1.